The van der Waals surface area contributed by atoms with Gasteiger partial charge in [-0.15, -0.1) is 11.3 Å². The number of amides is 2. The van der Waals surface area contributed by atoms with Gasteiger partial charge in [0.2, 0.25) is 5.91 Å². The molecule has 0 aliphatic heterocycles. The van der Waals surface area contributed by atoms with Crippen LogP contribution in [0, 0.1) is 5.82 Å². The summed E-state index contributed by atoms with van der Waals surface area (Å²) in [5.74, 6) is 0.321. The van der Waals surface area contributed by atoms with Gasteiger partial charge in [0.05, 0.1) is 20.8 Å². The Morgan fingerprint density at radius 1 is 0.944 bits per heavy atom. The average Bonchev–Trinajstić information content (AvgIpc) is 3.41. The van der Waals surface area contributed by atoms with E-state index in [9.17, 15) is 14.0 Å². The van der Waals surface area contributed by atoms with Crippen LogP contribution >= 0.6 is 11.3 Å². The van der Waals surface area contributed by atoms with Crippen molar-refractivity contribution in [1.29, 1.82) is 0 Å². The predicted molar refractivity (Wildman–Crippen MR) is 140 cm³/mol. The zero-order valence-electron chi connectivity index (χ0n) is 21.0. The lowest BCUT2D eigenvalue weighted by Crippen LogP contribution is -2.43. The number of carbonyl (C=O) groups is 2. The molecule has 192 valence electrons. The summed E-state index contributed by atoms with van der Waals surface area (Å²) in [6.07, 6.45) is 2.24. The van der Waals surface area contributed by atoms with Gasteiger partial charge < -0.3 is 19.3 Å². The van der Waals surface area contributed by atoms with Crippen LogP contribution in [0.4, 0.5) is 4.39 Å². The van der Waals surface area contributed by atoms with Crippen LogP contribution in [-0.4, -0.2) is 55.5 Å². The summed E-state index contributed by atoms with van der Waals surface area (Å²) in [7, 11) is 3.18. The third-order valence-corrected chi connectivity index (χ3v) is 6.73. The third kappa shape index (κ3) is 7.55. The number of halogens is 1. The quantitative estimate of drug-likeness (QED) is 0.307. The fraction of sp³-hybridized carbons (Fsp3) is 0.357. The molecule has 2 amide bonds. The van der Waals surface area contributed by atoms with E-state index in [1.165, 1.54) is 23.1 Å². The van der Waals surface area contributed by atoms with Crippen LogP contribution in [0.25, 0.3) is 0 Å². The van der Waals surface area contributed by atoms with Crippen molar-refractivity contribution < 1.29 is 23.5 Å². The first-order valence-corrected chi connectivity index (χ1v) is 12.9. The van der Waals surface area contributed by atoms with Crippen molar-refractivity contribution in [1.82, 2.24) is 9.80 Å². The number of hydrogen-bond donors (Lipinski definition) is 0. The Morgan fingerprint density at radius 3 is 2.42 bits per heavy atom. The standard InChI is InChI=1S/C28H33FN2O4S/c1-4-5-14-31(28(33)22-8-6-9-23(29)18-22)20-27(32)30(19-24-10-7-16-36-24)15-13-21-11-12-25(34-2)26(17-21)35-3/h6-12,16-18H,4-5,13-15,19-20H2,1-3H3. The maximum atomic E-state index is 13.7. The van der Waals surface area contributed by atoms with Gasteiger partial charge in [-0.25, -0.2) is 4.39 Å². The number of methoxy groups -OCH3 is 2. The minimum Gasteiger partial charge on any atom is -0.493 e. The lowest BCUT2D eigenvalue weighted by Gasteiger charge is -2.28. The number of carbonyl (C=O) groups excluding carboxylic acids is 2. The Morgan fingerprint density at radius 2 is 1.75 bits per heavy atom. The Bertz CT molecular complexity index is 1140. The zero-order valence-corrected chi connectivity index (χ0v) is 21.9. The van der Waals surface area contributed by atoms with Crippen molar-refractivity contribution in [2.45, 2.75) is 32.7 Å². The zero-order chi connectivity index (χ0) is 25.9. The molecule has 8 heteroatoms. The highest BCUT2D eigenvalue weighted by atomic mass is 32.1. The van der Waals surface area contributed by atoms with Crippen LogP contribution in [-0.2, 0) is 17.8 Å². The average molecular weight is 513 g/mol. The Hall–Kier alpha value is -3.39. The number of nitrogens with zero attached hydrogens (tertiary/aromatic N) is 2. The molecule has 0 atom stereocenters. The van der Waals surface area contributed by atoms with Crippen LogP contribution in [0.5, 0.6) is 11.5 Å². The van der Waals surface area contributed by atoms with Crippen LogP contribution < -0.4 is 9.47 Å². The van der Waals surface area contributed by atoms with Crippen molar-refractivity contribution in [3.05, 3.63) is 81.8 Å². The molecule has 0 aliphatic carbocycles. The maximum absolute atomic E-state index is 13.7. The van der Waals surface area contributed by atoms with E-state index in [1.54, 1.807) is 36.5 Å². The smallest absolute Gasteiger partial charge is 0.254 e. The second-order valence-electron chi connectivity index (χ2n) is 8.42. The summed E-state index contributed by atoms with van der Waals surface area (Å²) in [5, 5.41) is 1.98. The molecule has 3 rings (SSSR count). The molecule has 6 nitrogen and oxygen atoms in total. The fourth-order valence-electron chi connectivity index (χ4n) is 3.85. The van der Waals surface area contributed by atoms with E-state index in [0.29, 0.717) is 37.6 Å². The van der Waals surface area contributed by atoms with Crippen molar-refractivity contribution in [2.24, 2.45) is 0 Å². The van der Waals surface area contributed by atoms with E-state index < -0.39 is 5.82 Å². The molecule has 0 spiro atoms. The highest BCUT2D eigenvalue weighted by molar-refractivity contribution is 7.09. The predicted octanol–water partition coefficient (Wildman–Crippen LogP) is 5.42. The molecule has 0 N–H and O–H groups in total. The molecule has 1 heterocycles. The summed E-state index contributed by atoms with van der Waals surface area (Å²) >= 11 is 1.59. The van der Waals surface area contributed by atoms with Crippen LogP contribution in [0.1, 0.15) is 40.6 Å². The molecule has 36 heavy (non-hydrogen) atoms. The number of thiophene rings is 1. The Kier molecular flexibility index (Phi) is 10.3. The summed E-state index contributed by atoms with van der Waals surface area (Å²) in [6.45, 7) is 3.33. The monoisotopic (exact) mass is 512 g/mol. The van der Waals surface area contributed by atoms with Gasteiger partial charge in [0.15, 0.2) is 11.5 Å². The highest BCUT2D eigenvalue weighted by Gasteiger charge is 2.23. The molecular weight excluding hydrogens is 479 g/mol. The minimum atomic E-state index is -0.475. The number of unbranched alkanes of at least 4 members (excludes halogenated alkanes) is 1. The van der Waals surface area contributed by atoms with Crippen molar-refractivity contribution in [3.63, 3.8) is 0 Å². The third-order valence-electron chi connectivity index (χ3n) is 5.86. The molecule has 0 radical (unpaired) electrons. The van der Waals surface area contributed by atoms with Crippen LogP contribution in [0.15, 0.2) is 60.0 Å². The number of rotatable bonds is 13. The molecule has 0 saturated heterocycles. The van der Waals surface area contributed by atoms with Crippen molar-refractivity contribution in [2.75, 3.05) is 33.9 Å². The highest BCUT2D eigenvalue weighted by Crippen LogP contribution is 2.28. The summed E-state index contributed by atoms with van der Waals surface area (Å²) in [4.78, 5) is 31.0. The normalized spacial score (nSPS) is 10.7. The van der Waals surface area contributed by atoms with E-state index in [-0.39, 0.29) is 23.9 Å². The first-order chi connectivity index (χ1) is 17.4. The van der Waals surface area contributed by atoms with Crippen LogP contribution in [0.3, 0.4) is 0 Å². The molecule has 0 unspecified atom stereocenters. The summed E-state index contributed by atoms with van der Waals surface area (Å²) in [6, 6.07) is 15.3. The maximum Gasteiger partial charge on any atom is 0.254 e. The second kappa shape index (κ2) is 13.6. The SMILES string of the molecule is CCCCN(CC(=O)N(CCc1ccc(OC)c(OC)c1)Cc1cccs1)C(=O)c1cccc(F)c1. The first kappa shape index (κ1) is 27.2. The molecule has 0 bridgehead atoms. The van der Waals surface area contributed by atoms with E-state index in [1.807, 2.05) is 42.6 Å². The molecule has 0 fully saturated rings. The molecule has 0 aliphatic rings. The van der Waals surface area contributed by atoms with E-state index in [4.69, 9.17) is 9.47 Å². The van der Waals surface area contributed by atoms with Gasteiger partial charge >= 0.3 is 0 Å². The number of hydrogen-bond acceptors (Lipinski definition) is 5. The summed E-state index contributed by atoms with van der Waals surface area (Å²) in [5.41, 5.74) is 1.25. The molecule has 1 aromatic heterocycles. The van der Waals surface area contributed by atoms with Gasteiger partial charge in [-0.2, -0.15) is 0 Å². The van der Waals surface area contributed by atoms with Crippen LogP contribution in [0.2, 0.25) is 0 Å². The lowest BCUT2D eigenvalue weighted by molar-refractivity contribution is -0.132. The van der Waals surface area contributed by atoms with Crippen molar-refractivity contribution >= 4 is 23.2 Å². The number of benzene rings is 2. The van der Waals surface area contributed by atoms with Gasteiger partial charge in [0.25, 0.3) is 5.91 Å². The molecule has 0 saturated carbocycles. The fourth-order valence-corrected chi connectivity index (χ4v) is 4.57. The van der Waals surface area contributed by atoms with Gasteiger partial charge in [-0.1, -0.05) is 31.5 Å². The summed E-state index contributed by atoms with van der Waals surface area (Å²) < 4.78 is 24.5. The first-order valence-electron chi connectivity index (χ1n) is 12.0. The van der Waals surface area contributed by atoms with E-state index >= 15 is 0 Å². The van der Waals surface area contributed by atoms with E-state index in [2.05, 4.69) is 0 Å². The van der Waals surface area contributed by atoms with Gasteiger partial charge in [0, 0.05) is 23.5 Å². The van der Waals surface area contributed by atoms with Gasteiger partial charge in [-0.05, 0) is 60.2 Å². The van der Waals surface area contributed by atoms with Gasteiger partial charge in [0.1, 0.15) is 12.4 Å². The number of ether oxygens (including phenoxy) is 2. The topological polar surface area (TPSA) is 59.1 Å². The Labute approximate surface area is 216 Å². The van der Waals surface area contributed by atoms with Gasteiger partial charge in [-0.3, -0.25) is 9.59 Å². The minimum absolute atomic E-state index is 0.0628. The largest absolute Gasteiger partial charge is 0.493 e. The Balaban J connectivity index is 1.77. The molecular formula is C28H33FN2O4S. The van der Waals surface area contributed by atoms with Crippen molar-refractivity contribution in [3.8, 4) is 11.5 Å². The lowest BCUT2D eigenvalue weighted by atomic mass is 10.1. The van der Waals surface area contributed by atoms with E-state index in [0.717, 1.165) is 23.3 Å². The molecule has 3 aromatic rings. The second-order valence-corrected chi connectivity index (χ2v) is 9.46. The molecule has 2 aromatic carbocycles.